The van der Waals surface area contributed by atoms with Crippen molar-refractivity contribution in [3.63, 3.8) is 0 Å². The highest BCUT2D eigenvalue weighted by Gasteiger charge is 2.22. The summed E-state index contributed by atoms with van der Waals surface area (Å²) < 4.78 is 0. The number of aliphatic hydroxyl groups excluding tert-OH is 2. The van der Waals surface area contributed by atoms with Crippen LogP contribution in [-0.4, -0.2) is 38.3 Å². The van der Waals surface area contributed by atoms with Gasteiger partial charge in [-0.3, -0.25) is 9.59 Å². The number of ketones is 1. The fourth-order valence-electron chi connectivity index (χ4n) is 1.53. The van der Waals surface area contributed by atoms with Crippen LogP contribution in [0.3, 0.4) is 0 Å². The van der Waals surface area contributed by atoms with E-state index in [9.17, 15) is 24.9 Å². The molecular weight excluding hydrogens is 240 g/mol. The van der Waals surface area contributed by atoms with Crippen molar-refractivity contribution in [2.45, 2.75) is 25.6 Å². The Morgan fingerprint density at radius 2 is 1.89 bits per heavy atom. The third-order valence-corrected chi connectivity index (χ3v) is 2.49. The molecule has 0 amide bonds. The summed E-state index contributed by atoms with van der Waals surface area (Å²) in [4.78, 5) is 21.6. The van der Waals surface area contributed by atoms with Gasteiger partial charge in [-0.2, -0.15) is 0 Å². The molecule has 0 fully saturated rings. The van der Waals surface area contributed by atoms with Crippen molar-refractivity contribution < 1.29 is 30.0 Å². The predicted molar refractivity (Wildman–Crippen MR) is 61.3 cm³/mol. The van der Waals surface area contributed by atoms with E-state index in [1.165, 1.54) is 25.1 Å². The summed E-state index contributed by atoms with van der Waals surface area (Å²) in [5.41, 5.74) is 0.181. The number of aliphatic carboxylic acids is 1. The lowest BCUT2D eigenvalue weighted by molar-refractivity contribution is -0.141. The van der Waals surface area contributed by atoms with Gasteiger partial charge in [0, 0.05) is 0 Å². The van der Waals surface area contributed by atoms with E-state index in [0.717, 1.165) is 0 Å². The quantitative estimate of drug-likeness (QED) is 0.567. The molecule has 0 saturated heterocycles. The number of Topliss-reactive ketones (excluding diaryl/α,β-unsaturated/α-hetero) is 1. The Labute approximate surface area is 103 Å². The number of aromatic hydroxyl groups is 1. The first-order valence-electron chi connectivity index (χ1n) is 5.24. The van der Waals surface area contributed by atoms with Gasteiger partial charge in [0.2, 0.25) is 0 Å². The van der Waals surface area contributed by atoms with Gasteiger partial charge >= 0.3 is 5.97 Å². The smallest absolute Gasteiger partial charge is 0.306 e. The molecule has 0 aliphatic heterocycles. The average Bonchev–Trinajstić information content (AvgIpc) is 2.27. The maximum absolute atomic E-state index is 11.2. The van der Waals surface area contributed by atoms with E-state index in [1.54, 1.807) is 0 Å². The lowest BCUT2D eigenvalue weighted by atomic mass is 9.98. The molecule has 0 radical (unpaired) electrons. The Morgan fingerprint density at radius 3 is 2.39 bits per heavy atom. The van der Waals surface area contributed by atoms with Crippen LogP contribution in [0.1, 0.15) is 35.4 Å². The van der Waals surface area contributed by atoms with E-state index >= 15 is 0 Å². The Balaban J connectivity index is 2.99. The Hall–Kier alpha value is -1.92. The molecule has 1 aromatic carbocycles. The zero-order chi connectivity index (χ0) is 13.9. The van der Waals surface area contributed by atoms with Gasteiger partial charge < -0.3 is 20.4 Å². The average molecular weight is 254 g/mol. The van der Waals surface area contributed by atoms with E-state index in [2.05, 4.69) is 0 Å². The van der Waals surface area contributed by atoms with Crippen molar-refractivity contribution in [1.82, 2.24) is 0 Å². The number of hydrogen-bond acceptors (Lipinski definition) is 5. The van der Waals surface area contributed by atoms with Gasteiger partial charge in [-0.25, -0.2) is 0 Å². The molecule has 1 rings (SSSR count). The number of carbonyl (C=O) groups excluding carboxylic acids is 1. The molecule has 18 heavy (non-hydrogen) atoms. The van der Waals surface area contributed by atoms with Gasteiger partial charge in [-0.05, 0) is 24.6 Å². The summed E-state index contributed by atoms with van der Waals surface area (Å²) in [5.74, 6) is -1.87. The predicted octanol–water partition coefficient (Wildman–Crippen LogP) is 0.464. The Kier molecular flexibility index (Phi) is 4.41. The molecule has 2 atom stereocenters. The fraction of sp³-hybridized carbons (Fsp3) is 0.333. The third kappa shape index (κ3) is 3.28. The number of phenols is 1. The minimum Gasteiger partial charge on any atom is -0.507 e. The lowest BCUT2D eigenvalue weighted by Gasteiger charge is -2.17. The van der Waals surface area contributed by atoms with E-state index in [1.807, 2.05) is 0 Å². The van der Waals surface area contributed by atoms with E-state index in [4.69, 9.17) is 5.11 Å². The number of carboxylic acid groups (broad SMARTS) is 1. The number of phenolic OH excluding ortho intramolecular Hbond substituents is 1. The number of carbonyl (C=O) groups is 2. The summed E-state index contributed by atoms with van der Waals surface area (Å²) >= 11 is 0. The highest BCUT2D eigenvalue weighted by molar-refractivity contribution is 5.96. The van der Waals surface area contributed by atoms with Crippen LogP contribution in [0.5, 0.6) is 5.75 Å². The lowest BCUT2D eigenvalue weighted by Crippen LogP contribution is -2.21. The summed E-state index contributed by atoms with van der Waals surface area (Å²) in [6.45, 7) is 1.25. The zero-order valence-corrected chi connectivity index (χ0v) is 9.70. The van der Waals surface area contributed by atoms with Crippen LogP contribution in [-0.2, 0) is 4.79 Å². The van der Waals surface area contributed by atoms with Crippen LogP contribution in [0.2, 0.25) is 0 Å². The first-order valence-corrected chi connectivity index (χ1v) is 5.24. The van der Waals surface area contributed by atoms with Gasteiger partial charge in [0.05, 0.1) is 18.1 Å². The largest absolute Gasteiger partial charge is 0.507 e. The monoisotopic (exact) mass is 254 g/mol. The van der Waals surface area contributed by atoms with E-state index < -0.39 is 30.4 Å². The minimum atomic E-state index is -1.48. The standard InChI is InChI=1S/C12H14O6/c1-6(13)8-4-7(2-3-9(8)14)12(18)10(15)5-11(16)17/h2-4,10,12,14-15,18H,5H2,1H3,(H,16,17). The number of carboxylic acids is 1. The van der Waals surface area contributed by atoms with Gasteiger partial charge in [0.15, 0.2) is 5.78 Å². The van der Waals surface area contributed by atoms with Crippen molar-refractivity contribution in [2.75, 3.05) is 0 Å². The van der Waals surface area contributed by atoms with Crippen LogP contribution in [0.25, 0.3) is 0 Å². The summed E-state index contributed by atoms with van der Waals surface area (Å²) in [7, 11) is 0. The fourth-order valence-corrected chi connectivity index (χ4v) is 1.53. The number of rotatable bonds is 5. The Bertz CT molecular complexity index is 468. The third-order valence-electron chi connectivity index (χ3n) is 2.49. The van der Waals surface area contributed by atoms with Gasteiger partial charge in [0.25, 0.3) is 0 Å². The van der Waals surface area contributed by atoms with E-state index in [0.29, 0.717) is 0 Å². The normalized spacial score (nSPS) is 13.9. The molecule has 0 aromatic heterocycles. The topological polar surface area (TPSA) is 115 Å². The maximum atomic E-state index is 11.2. The highest BCUT2D eigenvalue weighted by atomic mass is 16.4. The SMILES string of the molecule is CC(=O)c1cc(C(O)C(O)CC(=O)O)ccc1O. The van der Waals surface area contributed by atoms with Gasteiger partial charge in [-0.1, -0.05) is 6.07 Å². The highest BCUT2D eigenvalue weighted by Crippen LogP contribution is 2.25. The number of benzene rings is 1. The van der Waals surface area contributed by atoms with Crippen LogP contribution < -0.4 is 0 Å². The van der Waals surface area contributed by atoms with Crippen LogP contribution in [0, 0.1) is 0 Å². The molecule has 2 unspecified atom stereocenters. The zero-order valence-electron chi connectivity index (χ0n) is 9.70. The van der Waals surface area contributed by atoms with E-state index in [-0.39, 0.29) is 16.9 Å². The summed E-state index contributed by atoms with van der Waals surface area (Å²) in [6.07, 6.45) is -3.52. The second-order valence-corrected chi connectivity index (χ2v) is 3.94. The molecule has 0 spiro atoms. The van der Waals surface area contributed by atoms with Crippen molar-refractivity contribution in [1.29, 1.82) is 0 Å². The second-order valence-electron chi connectivity index (χ2n) is 3.94. The van der Waals surface area contributed by atoms with Crippen LogP contribution in [0.4, 0.5) is 0 Å². The molecular formula is C12H14O6. The molecule has 4 N–H and O–H groups in total. The van der Waals surface area contributed by atoms with Crippen LogP contribution >= 0.6 is 0 Å². The Morgan fingerprint density at radius 1 is 1.28 bits per heavy atom. The molecule has 0 heterocycles. The molecule has 1 aromatic rings. The van der Waals surface area contributed by atoms with Gasteiger partial charge in [0.1, 0.15) is 11.9 Å². The second kappa shape index (κ2) is 5.61. The van der Waals surface area contributed by atoms with Crippen molar-refractivity contribution in [3.8, 4) is 5.75 Å². The van der Waals surface area contributed by atoms with Crippen molar-refractivity contribution in [3.05, 3.63) is 29.3 Å². The van der Waals surface area contributed by atoms with Crippen LogP contribution in [0.15, 0.2) is 18.2 Å². The minimum absolute atomic E-state index is 0.00840. The molecule has 0 saturated carbocycles. The van der Waals surface area contributed by atoms with Gasteiger partial charge in [-0.15, -0.1) is 0 Å². The molecule has 6 heteroatoms. The molecule has 0 bridgehead atoms. The maximum Gasteiger partial charge on any atom is 0.306 e. The van der Waals surface area contributed by atoms with Crippen molar-refractivity contribution in [2.24, 2.45) is 0 Å². The molecule has 0 aliphatic rings. The molecule has 0 aliphatic carbocycles. The molecule has 98 valence electrons. The summed E-state index contributed by atoms with van der Waals surface area (Å²) in [5, 5.41) is 37.1. The van der Waals surface area contributed by atoms with Crippen molar-refractivity contribution >= 4 is 11.8 Å². The first-order chi connectivity index (χ1) is 8.32. The number of hydrogen-bond donors (Lipinski definition) is 4. The first kappa shape index (κ1) is 14.1. The summed E-state index contributed by atoms with van der Waals surface area (Å²) in [6, 6.07) is 3.76. The number of aliphatic hydroxyl groups is 2. The molecule has 6 nitrogen and oxygen atoms in total.